The van der Waals surface area contributed by atoms with E-state index >= 15 is 0 Å². The number of benzene rings is 1. The van der Waals surface area contributed by atoms with Crippen molar-refractivity contribution in [3.63, 3.8) is 0 Å². The summed E-state index contributed by atoms with van der Waals surface area (Å²) in [5.74, 6) is 0.130. The van der Waals surface area contributed by atoms with E-state index < -0.39 is 0 Å². The zero-order chi connectivity index (χ0) is 14.5. The third kappa shape index (κ3) is 3.33. The summed E-state index contributed by atoms with van der Waals surface area (Å²) in [6.45, 7) is 4.87. The van der Waals surface area contributed by atoms with Crippen molar-refractivity contribution in [2.45, 2.75) is 57.9 Å². The van der Waals surface area contributed by atoms with Crippen molar-refractivity contribution in [1.82, 2.24) is 4.90 Å². The van der Waals surface area contributed by atoms with Crippen LogP contribution in [0.3, 0.4) is 0 Å². The molecule has 0 aliphatic heterocycles. The number of nitrogens with zero attached hydrogens (tertiary/aromatic N) is 1. The lowest BCUT2D eigenvalue weighted by molar-refractivity contribution is -0.135. The zero-order valence-electron chi connectivity index (χ0n) is 12.6. The van der Waals surface area contributed by atoms with Gasteiger partial charge in [0.2, 0.25) is 5.91 Å². The normalized spacial score (nSPS) is 17.7. The second kappa shape index (κ2) is 6.78. The molecule has 1 aliphatic carbocycles. The van der Waals surface area contributed by atoms with E-state index in [1.54, 1.807) is 0 Å². The predicted molar refractivity (Wildman–Crippen MR) is 83.5 cm³/mol. The van der Waals surface area contributed by atoms with E-state index in [0.717, 1.165) is 30.6 Å². The second-order valence-electron chi connectivity index (χ2n) is 5.81. The van der Waals surface area contributed by atoms with Gasteiger partial charge >= 0.3 is 0 Å². The molecule has 1 aliphatic rings. The maximum Gasteiger partial charge on any atom is 0.230 e. The molecule has 0 heterocycles. The van der Waals surface area contributed by atoms with Gasteiger partial charge in [0.15, 0.2) is 0 Å². The monoisotopic (exact) mass is 274 g/mol. The summed E-state index contributed by atoms with van der Waals surface area (Å²) in [4.78, 5) is 14.8. The van der Waals surface area contributed by atoms with Gasteiger partial charge in [-0.15, -0.1) is 0 Å². The molecule has 1 unspecified atom stereocenters. The first-order valence-electron chi connectivity index (χ1n) is 7.79. The average molecular weight is 274 g/mol. The molecule has 3 nitrogen and oxygen atoms in total. The van der Waals surface area contributed by atoms with Crippen molar-refractivity contribution in [3.8, 4) is 0 Å². The molecule has 1 fully saturated rings. The van der Waals surface area contributed by atoms with Gasteiger partial charge in [-0.1, -0.05) is 31.4 Å². The SMILES string of the molecule is CCN(C(=O)C(C)c1cccc(N)c1)C1CCCCC1. The summed E-state index contributed by atoms with van der Waals surface area (Å²) in [6.07, 6.45) is 6.13. The molecule has 3 heteroatoms. The molecule has 0 saturated heterocycles. The van der Waals surface area contributed by atoms with Gasteiger partial charge in [-0.05, 0) is 44.4 Å². The molecule has 0 spiro atoms. The zero-order valence-corrected chi connectivity index (χ0v) is 12.6. The molecule has 1 aromatic rings. The van der Waals surface area contributed by atoms with Gasteiger partial charge in [-0.2, -0.15) is 0 Å². The van der Waals surface area contributed by atoms with Crippen molar-refractivity contribution >= 4 is 11.6 Å². The van der Waals surface area contributed by atoms with Crippen LogP contribution in [0.4, 0.5) is 5.69 Å². The van der Waals surface area contributed by atoms with Gasteiger partial charge in [0.05, 0.1) is 5.92 Å². The third-order valence-electron chi connectivity index (χ3n) is 4.42. The van der Waals surface area contributed by atoms with Crippen LogP contribution >= 0.6 is 0 Å². The van der Waals surface area contributed by atoms with Crippen molar-refractivity contribution in [2.24, 2.45) is 0 Å². The largest absolute Gasteiger partial charge is 0.399 e. The second-order valence-corrected chi connectivity index (χ2v) is 5.81. The minimum atomic E-state index is -0.111. The molecule has 20 heavy (non-hydrogen) atoms. The topological polar surface area (TPSA) is 46.3 Å². The van der Waals surface area contributed by atoms with Crippen LogP contribution in [0, 0.1) is 0 Å². The van der Waals surface area contributed by atoms with E-state index in [0.29, 0.717) is 6.04 Å². The fraction of sp³-hybridized carbons (Fsp3) is 0.588. The average Bonchev–Trinajstić information content (AvgIpc) is 2.48. The Labute approximate surface area is 122 Å². The molecule has 0 bridgehead atoms. The van der Waals surface area contributed by atoms with E-state index in [1.807, 2.05) is 31.2 Å². The van der Waals surface area contributed by atoms with Crippen molar-refractivity contribution < 1.29 is 4.79 Å². The summed E-state index contributed by atoms with van der Waals surface area (Å²) in [7, 11) is 0. The maximum atomic E-state index is 12.8. The Hall–Kier alpha value is -1.51. The summed E-state index contributed by atoms with van der Waals surface area (Å²) >= 11 is 0. The fourth-order valence-corrected chi connectivity index (χ4v) is 3.21. The Kier molecular flexibility index (Phi) is 5.05. The predicted octanol–water partition coefficient (Wildman–Crippen LogP) is 3.55. The van der Waals surface area contributed by atoms with Crippen LogP contribution in [-0.2, 0) is 4.79 Å². The number of carbonyl (C=O) groups excluding carboxylic acids is 1. The number of amides is 1. The van der Waals surface area contributed by atoms with Crippen LogP contribution in [0.5, 0.6) is 0 Å². The Bertz CT molecular complexity index is 452. The maximum absolute atomic E-state index is 12.8. The molecular formula is C17H26N2O. The van der Waals surface area contributed by atoms with Gasteiger partial charge in [0.25, 0.3) is 0 Å². The highest BCUT2D eigenvalue weighted by Gasteiger charge is 2.28. The number of nitrogens with two attached hydrogens (primary N) is 1. The quantitative estimate of drug-likeness (QED) is 0.853. The van der Waals surface area contributed by atoms with Crippen molar-refractivity contribution in [1.29, 1.82) is 0 Å². The van der Waals surface area contributed by atoms with Gasteiger partial charge in [0, 0.05) is 18.3 Å². The molecule has 0 radical (unpaired) electrons. The highest BCUT2D eigenvalue weighted by molar-refractivity contribution is 5.84. The van der Waals surface area contributed by atoms with Gasteiger partial charge in [-0.3, -0.25) is 4.79 Å². The highest BCUT2D eigenvalue weighted by Crippen LogP contribution is 2.26. The number of carbonyl (C=O) groups is 1. The van der Waals surface area contributed by atoms with Crippen LogP contribution in [0.25, 0.3) is 0 Å². The summed E-state index contributed by atoms with van der Waals surface area (Å²) in [5, 5.41) is 0. The first kappa shape index (κ1) is 14.9. The van der Waals surface area contributed by atoms with E-state index in [1.165, 1.54) is 19.3 Å². The van der Waals surface area contributed by atoms with Crippen LogP contribution in [0.15, 0.2) is 24.3 Å². The van der Waals surface area contributed by atoms with Crippen molar-refractivity contribution in [3.05, 3.63) is 29.8 Å². The third-order valence-corrected chi connectivity index (χ3v) is 4.42. The molecule has 1 saturated carbocycles. The smallest absolute Gasteiger partial charge is 0.230 e. The summed E-state index contributed by atoms with van der Waals surface area (Å²) in [6, 6.07) is 8.13. The standard InChI is InChI=1S/C17H26N2O/c1-3-19(16-10-5-4-6-11-16)17(20)13(2)14-8-7-9-15(18)12-14/h7-9,12-13,16H,3-6,10-11,18H2,1-2H3. The van der Waals surface area contributed by atoms with Gasteiger partial charge in [-0.25, -0.2) is 0 Å². The number of hydrogen-bond donors (Lipinski definition) is 1. The number of nitrogen functional groups attached to an aromatic ring is 1. The molecule has 1 amide bonds. The first-order valence-corrected chi connectivity index (χ1v) is 7.79. The van der Waals surface area contributed by atoms with Crippen LogP contribution < -0.4 is 5.73 Å². The molecule has 2 N–H and O–H groups in total. The van der Waals surface area contributed by atoms with Crippen LogP contribution in [0.2, 0.25) is 0 Å². The molecule has 0 aromatic heterocycles. The van der Waals surface area contributed by atoms with E-state index in [9.17, 15) is 4.79 Å². The molecule has 2 rings (SSSR count). The molecule has 110 valence electrons. The number of hydrogen-bond acceptors (Lipinski definition) is 2. The molecular weight excluding hydrogens is 248 g/mol. The van der Waals surface area contributed by atoms with E-state index in [4.69, 9.17) is 5.73 Å². The Balaban J connectivity index is 2.11. The van der Waals surface area contributed by atoms with Crippen LogP contribution in [-0.4, -0.2) is 23.4 Å². The number of rotatable bonds is 4. The van der Waals surface area contributed by atoms with E-state index in [2.05, 4.69) is 11.8 Å². The Morgan fingerprint density at radius 3 is 2.65 bits per heavy atom. The number of anilines is 1. The Morgan fingerprint density at radius 2 is 2.05 bits per heavy atom. The minimum Gasteiger partial charge on any atom is -0.399 e. The van der Waals surface area contributed by atoms with Crippen LogP contribution in [0.1, 0.15) is 57.4 Å². The minimum absolute atomic E-state index is 0.111. The lowest BCUT2D eigenvalue weighted by Gasteiger charge is -2.35. The van der Waals surface area contributed by atoms with E-state index in [-0.39, 0.29) is 11.8 Å². The fourth-order valence-electron chi connectivity index (χ4n) is 3.21. The molecule has 1 aromatic carbocycles. The lowest BCUT2D eigenvalue weighted by Crippen LogP contribution is -2.43. The van der Waals surface area contributed by atoms with Gasteiger partial charge in [0.1, 0.15) is 0 Å². The highest BCUT2D eigenvalue weighted by atomic mass is 16.2. The Morgan fingerprint density at radius 1 is 1.35 bits per heavy atom. The molecule has 1 atom stereocenters. The number of likely N-dealkylation sites (N-methyl/N-ethyl adjacent to an activating group) is 1. The van der Waals surface area contributed by atoms with Gasteiger partial charge < -0.3 is 10.6 Å². The van der Waals surface area contributed by atoms with Crippen molar-refractivity contribution in [2.75, 3.05) is 12.3 Å². The first-order chi connectivity index (χ1) is 9.63. The summed E-state index contributed by atoms with van der Waals surface area (Å²) < 4.78 is 0. The lowest BCUT2D eigenvalue weighted by atomic mass is 9.92. The summed E-state index contributed by atoms with van der Waals surface area (Å²) in [5.41, 5.74) is 7.57.